The van der Waals surface area contributed by atoms with Crippen molar-refractivity contribution < 1.29 is 14.3 Å². The quantitative estimate of drug-likeness (QED) is 0.287. The largest absolute Gasteiger partial charge is 0.481 e. The Morgan fingerprint density at radius 3 is 2.38 bits per heavy atom. The molecular weight excluding hydrogens is 414 g/mol. The van der Waals surface area contributed by atoms with Gasteiger partial charge in [-0.1, -0.05) is 56.3 Å². The maximum atomic E-state index is 12.1. The molecular formula is C19H24ClN5O3S. The molecule has 10 heteroatoms. The molecule has 1 unspecified atom stereocenters. The fraction of sp³-hybridized carbons (Fsp3) is 0.368. The van der Waals surface area contributed by atoms with E-state index in [1.54, 1.807) is 36.5 Å². The number of anilines is 1. The third-order valence-electron chi connectivity index (χ3n) is 3.66. The van der Waals surface area contributed by atoms with Crippen molar-refractivity contribution in [2.75, 3.05) is 19.5 Å². The van der Waals surface area contributed by atoms with Crippen LogP contribution in [0.25, 0.3) is 0 Å². The zero-order valence-corrected chi connectivity index (χ0v) is 18.5. The summed E-state index contributed by atoms with van der Waals surface area (Å²) >= 11 is 7.42. The topological polar surface area (TPSA) is 97.7 Å². The molecule has 1 aromatic heterocycles. The number of amides is 2. The number of thioether (sulfide) groups is 1. The lowest BCUT2D eigenvalue weighted by Crippen LogP contribution is -2.29. The Labute approximate surface area is 179 Å². The van der Waals surface area contributed by atoms with E-state index in [1.807, 2.05) is 0 Å². The van der Waals surface area contributed by atoms with Gasteiger partial charge in [-0.25, -0.2) is 10.2 Å². The molecule has 0 saturated heterocycles. The van der Waals surface area contributed by atoms with E-state index in [9.17, 15) is 4.79 Å². The molecule has 1 aromatic carbocycles. The van der Waals surface area contributed by atoms with E-state index < -0.39 is 6.03 Å². The second-order valence-corrected chi connectivity index (χ2v) is 8.48. The molecule has 0 spiro atoms. The van der Waals surface area contributed by atoms with Crippen molar-refractivity contribution >= 4 is 41.3 Å². The predicted molar refractivity (Wildman–Crippen MR) is 116 cm³/mol. The van der Waals surface area contributed by atoms with Crippen molar-refractivity contribution in [2.24, 2.45) is 10.5 Å². The summed E-state index contributed by atoms with van der Waals surface area (Å²) in [7, 11) is 3.06. The van der Waals surface area contributed by atoms with Gasteiger partial charge in [-0.3, -0.25) is 0 Å². The molecule has 2 amide bonds. The average molecular weight is 438 g/mol. The maximum absolute atomic E-state index is 12.1. The highest BCUT2D eigenvalue weighted by Crippen LogP contribution is 2.34. The second kappa shape index (κ2) is 10.3. The average Bonchev–Trinajstić information content (AvgIpc) is 2.68. The van der Waals surface area contributed by atoms with Gasteiger partial charge in [-0.05, 0) is 17.5 Å². The first-order valence-electron chi connectivity index (χ1n) is 8.71. The zero-order chi connectivity index (χ0) is 21.4. The lowest BCUT2D eigenvalue weighted by Gasteiger charge is -2.26. The standard InChI is InChI=1S/C19H24ClN5O3S/c1-19(2,3)14(29-18-23-15(27-4)10-16(24-18)28-5)11-21-25-17(26)22-13-9-7-6-8-12(13)20/h6-11,14H,1-5H3,(H2,22,25,26). The first-order chi connectivity index (χ1) is 13.7. The van der Waals surface area contributed by atoms with Crippen LogP contribution >= 0.6 is 23.4 Å². The van der Waals surface area contributed by atoms with Gasteiger partial charge in [0.15, 0.2) is 5.16 Å². The fourth-order valence-corrected chi connectivity index (χ4v) is 3.24. The number of nitrogens with one attached hydrogen (secondary N) is 2. The highest BCUT2D eigenvalue weighted by atomic mass is 35.5. The summed E-state index contributed by atoms with van der Waals surface area (Å²) in [4.78, 5) is 20.7. The minimum Gasteiger partial charge on any atom is -0.481 e. The Hall–Kier alpha value is -2.52. The van der Waals surface area contributed by atoms with Crippen LogP contribution in [0, 0.1) is 5.41 Å². The summed E-state index contributed by atoms with van der Waals surface area (Å²) < 4.78 is 10.4. The van der Waals surface area contributed by atoms with E-state index in [2.05, 4.69) is 46.6 Å². The monoisotopic (exact) mass is 437 g/mol. The van der Waals surface area contributed by atoms with Crippen LogP contribution in [0.15, 0.2) is 40.6 Å². The number of methoxy groups -OCH3 is 2. The summed E-state index contributed by atoms with van der Waals surface area (Å²) in [5.74, 6) is 0.808. The van der Waals surface area contributed by atoms with Crippen molar-refractivity contribution in [3.63, 3.8) is 0 Å². The van der Waals surface area contributed by atoms with Crippen LogP contribution in [0.4, 0.5) is 10.5 Å². The normalized spacial score (nSPS) is 12.5. The Morgan fingerprint density at radius 1 is 1.21 bits per heavy atom. The molecule has 156 valence electrons. The number of ether oxygens (including phenoxy) is 2. The van der Waals surface area contributed by atoms with E-state index in [0.717, 1.165) is 0 Å². The van der Waals surface area contributed by atoms with E-state index >= 15 is 0 Å². The van der Waals surface area contributed by atoms with Crippen LogP contribution in [0.3, 0.4) is 0 Å². The lowest BCUT2D eigenvalue weighted by molar-refractivity contribution is 0.252. The van der Waals surface area contributed by atoms with Crippen LogP contribution in [0.5, 0.6) is 11.8 Å². The number of nitrogens with zero attached hydrogens (tertiary/aromatic N) is 3. The van der Waals surface area contributed by atoms with E-state index in [1.165, 1.54) is 26.0 Å². The van der Waals surface area contributed by atoms with Gasteiger partial charge < -0.3 is 14.8 Å². The van der Waals surface area contributed by atoms with Gasteiger partial charge in [-0.2, -0.15) is 15.1 Å². The van der Waals surface area contributed by atoms with Crippen molar-refractivity contribution in [2.45, 2.75) is 31.2 Å². The van der Waals surface area contributed by atoms with Gasteiger partial charge in [0, 0.05) is 6.21 Å². The smallest absolute Gasteiger partial charge is 0.339 e. The minimum atomic E-state index is -0.494. The van der Waals surface area contributed by atoms with Gasteiger partial charge in [0.2, 0.25) is 11.8 Å². The highest BCUT2D eigenvalue weighted by Gasteiger charge is 2.26. The number of hydrazone groups is 1. The fourth-order valence-electron chi connectivity index (χ4n) is 2.07. The predicted octanol–water partition coefficient (Wildman–Crippen LogP) is 4.46. The molecule has 2 rings (SSSR count). The zero-order valence-electron chi connectivity index (χ0n) is 16.9. The molecule has 2 N–H and O–H groups in total. The van der Waals surface area contributed by atoms with Crippen LogP contribution < -0.4 is 20.2 Å². The van der Waals surface area contributed by atoms with Crippen molar-refractivity contribution in [1.82, 2.24) is 15.4 Å². The van der Waals surface area contributed by atoms with Gasteiger partial charge in [-0.15, -0.1) is 0 Å². The second-order valence-electron chi connectivity index (χ2n) is 6.96. The number of carbonyl (C=O) groups excluding carboxylic acids is 1. The number of carbonyl (C=O) groups is 1. The van der Waals surface area contributed by atoms with Gasteiger partial charge in [0.25, 0.3) is 0 Å². The highest BCUT2D eigenvalue weighted by molar-refractivity contribution is 8.00. The summed E-state index contributed by atoms with van der Waals surface area (Å²) in [6.07, 6.45) is 1.64. The summed E-state index contributed by atoms with van der Waals surface area (Å²) in [5, 5.41) is 7.50. The maximum Gasteiger partial charge on any atom is 0.339 e. The number of benzene rings is 1. The number of hydrogen-bond acceptors (Lipinski definition) is 7. The van der Waals surface area contributed by atoms with E-state index in [4.69, 9.17) is 21.1 Å². The van der Waals surface area contributed by atoms with E-state index in [-0.39, 0.29) is 10.7 Å². The Balaban J connectivity index is 2.07. The molecule has 0 aliphatic heterocycles. The SMILES string of the molecule is COc1cc(OC)nc(SC(C=NNC(=O)Nc2ccccc2Cl)C(C)(C)C)n1. The Bertz CT molecular complexity index is 851. The summed E-state index contributed by atoms with van der Waals surface area (Å²) in [6.45, 7) is 6.16. The number of rotatable bonds is 7. The molecule has 2 aromatic rings. The van der Waals surface area contributed by atoms with Crippen LogP contribution in [0.2, 0.25) is 5.02 Å². The summed E-state index contributed by atoms with van der Waals surface area (Å²) in [6, 6.07) is 8.06. The summed E-state index contributed by atoms with van der Waals surface area (Å²) in [5.41, 5.74) is 2.76. The van der Waals surface area contributed by atoms with Crippen molar-refractivity contribution in [3.8, 4) is 11.8 Å². The molecule has 0 bridgehead atoms. The lowest BCUT2D eigenvalue weighted by atomic mass is 9.92. The number of hydrogen-bond donors (Lipinski definition) is 2. The molecule has 1 heterocycles. The first-order valence-corrected chi connectivity index (χ1v) is 9.97. The third kappa shape index (κ3) is 7.10. The van der Waals surface area contributed by atoms with Gasteiger partial charge >= 0.3 is 6.03 Å². The van der Waals surface area contributed by atoms with E-state index in [0.29, 0.717) is 27.6 Å². The van der Waals surface area contributed by atoms with Crippen LogP contribution in [-0.4, -0.2) is 41.7 Å². The van der Waals surface area contributed by atoms with Crippen molar-refractivity contribution in [3.05, 3.63) is 35.4 Å². The molecule has 0 aliphatic rings. The number of aromatic nitrogens is 2. The van der Waals surface area contributed by atoms with Gasteiger partial charge in [0.1, 0.15) is 0 Å². The molecule has 0 radical (unpaired) electrons. The molecule has 0 aliphatic carbocycles. The molecule has 29 heavy (non-hydrogen) atoms. The number of halogens is 1. The molecule has 8 nitrogen and oxygen atoms in total. The van der Waals surface area contributed by atoms with Crippen LogP contribution in [-0.2, 0) is 0 Å². The molecule has 0 saturated carbocycles. The van der Waals surface area contributed by atoms with Crippen molar-refractivity contribution in [1.29, 1.82) is 0 Å². The number of para-hydroxylation sites is 1. The van der Waals surface area contributed by atoms with Gasteiger partial charge in [0.05, 0.1) is 36.2 Å². The number of urea groups is 1. The molecule has 1 atom stereocenters. The minimum absolute atomic E-state index is 0.139. The third-order valence-corrected chi connectivity index (χ3v) is 5.47. The Kier molecular flexibility index (Phi) is 8.10. The molecule has 0 fully saturated rings. The first kappa shape index (κ1) is 22.8. The van der Waals surface area contributed by atoms with Crippen LogP contribution in [0.1, 0.15) is 20.8 Å². The Morgan fingerprint density at radius 2 is 1.83 bits per heavy atom.